The third kappa shape index (κ3) is 6.56. The summed E-state index contributed by atoms with van der Waals surface area (Å²) in [6.45, 7) is 5.93. The van der Waals surface area contributed by atoms with Crippen molar-refractivity contribution in [3.63, 3.8) is 0 Å². The molecule has 0 saturated heterocycles. The zero-order chi connectivity index (χ0) is 17.5. The van der Waals surface area contributed by atoms with Crippen molar-refractivity contribution in [2.45, 2.75) is 32.8 Å². The van der Waals surface area contributed by atoms with Crippen molar-refractivity contribution in [1.29, 1.82) is 0 Å². The third-order valence-corrected chi connectivity index (χ3v) is 3.19. The summed E-state index contributed by atoms with van der Waals surface area (Å²) in [5.41, 5.74) is -0.0717. The molecule has 0 bridgehead atoms. The summed E-state index contributed by atoms with van der Waals surface area (Å²) in [7, 11) is 3.06. The highest BCUT2D eigenvalue weighted by Gasteiger charge is 2.19. The van der Waals surface area contributed by atoms with E-state index in [9.17, 15) is 4.79 Å². The maximum Gasteiger partial charge on any atom is 0.412 e. The van der Waals surface area contributed by atoms with Gasteiger partial charge in [0.15, 0.2) is 11.5 Å². The zero-order valence-corrected chi connectivity index (χ0v) is 15.8. The van der Waals surface area contributed by atoms with Crippen LogP contribution in [0.4, 0.5) is 10.5 Å². The highest BCUT2D eigenvalue weighted by Crippen LogP contribution is 2.40. The quantitative estimate of drug-likeness (QED) is 0.558. The number of rotatable bonds is 7. The van der Waals surface area contributed by atoms with Crippen molar-refractivity contribution in [2.75, 3.05) is 31.5 Å². The van der Waals surface area contributed by atoms with Gasteiger partial charge in [-0.05, 0) is 27.2 Å². The van der Waals surface area contributed by atoms with Gasteiger partial charge in [0.2, 0.25) is 5.75 Å². The molecule has 1 rings (SSSR count). The highest BCUT2D eigenvalue weighted by atomic mass is 79.9. The van der Waals surface area contributed by atoms with E-state index in [0.29, 0.717) is 29.5 Å². The minimum atomic E-state index is -0.572. The zero-order valence-electron chi connectivity index (χ0n) is 14.2. The van der Waals surface area contributed by atoms with Gasteiger partial charge in [-0.3, -0.25) is 5.32 Å². The number of anilines is 1. The standard InChI is InChI=1S/C16H24BrNO5/c1-16(2,3)23-15(19)18-11-9-12(20-4)14(13(10-11)21-5)22-8-6-7-17/h9-10H,6-8H2,1-5H3,(H,18,19). The van der Waals surface area contributed by atoms with Gasteiger partial charge in [-0.1, -0.05) is 15.9 Å². The van der Waals surface area contributed by atoms with Crippen LogP contribution < -0.4 is 19.5 Å². The van der Waals surface area contributed by atoms with Crippen molar-refractivity contribution < 1.29 is 23.7 Å². The van der Waals surface area contributed by atoms with Gasteiger partial charge >= 0.3 is 6.09 Å². The molecule has 0 aliphatic rings. The van der Waals surface area contributed by atoms with Crippen LogP contribution >= 0.6 is 15.9 Å². The average Bonchev–Trinajstić information content (AvgIpc) is 2.45. The van der Waals surface area contributed by atoms with Crippen molar-refractivity contribution in [2.24, 2.45) is 0 Å². The number of nitrogens with one attached hydrogen (secondary N) is 1. The molecule has 0 saturated carbocycles. The van der Waals surface area contributed by atoms with E-state index in [0.717, 1.165) is 11.8 Å². The van der Waals surface area contributed by atoms with Gasteiger partial charge < -0.3 is 18.9 Å². The second kappa shape index (κ2) is 8.86. The van der Waals surface area contributed by atoms with Gasteiger partial charge in [-0.15, -0.1) is 0 Å². The number of ether oxygens (including phenoxy) is 4. The molecule has 0 heterocycles. The van der Waals surface area contributed by atoms with Gasteiger partial charge in [-0.2, -0.15) is 0 Å². The predicted molar refractivity (Wildman–Crippen MR) is 93.3 cm³/mol. The maximum absolute atomic E-state index is 11.9. The van der Waals surface area contributed by atoms with Gasteiger partial charge in [0.1, 0.15) is 5.60 Å². The Balaban J connectivity index is 2.96. The van der Waals surface area contributed by atoms with E-state index >= 15 is 0 Å². The van der Waals surface area contributed by atoms with Crippen LogP contribution in [0.25, 0.3) is 0 Å². The van der Waals surface area contributed by atoms with Crippen LogP contribution in [0, 0.1) is 0 Å². The largest absolute Gasteiger partial charge is 0.493 e. The summed E-state index contributed by atoms with van der Waals surface area (Å²) in [5.74, 6) is 1.46. The van der Waals surface area contributed by atoms with E-state index in [1.54, 1.807) is 32.9 Å². The van der Waals surface area contributed by atoms with E-state index < -0.39 is 11.7 Å². The molecule has 7 heteroatoms. The molecule has 1 amide bonds. The van der Waals surface area contributed by atoms with Gasteiger partial charge in [-0.25, -0.2) is 4.79 Å². The van der Waals surface area contributed by atoms with Crippen molar-refractivity contribution in [1.82, 2.24) is 0 Å². The van der Waals surface area contributed by atoms with Crippen LogP contribution in [0.3, 0.4) is 0 Å². The summed E-state index contributed by atoms with van der Waals surface area (Å²) in [4.78, 5) is 11.9. The van der Waals surface area contributed by atoms with Gasteiger partial charge in [0, 0.05) is 17.5 Å². The molecule has 130 valence electrons. The maximum atomic E-state index is 11.9. The number of alkyl halides is 1. The molecule has 1 aromatic rings. The van der Waals surface area contributed by atoms with Crippen LogP contribution in [0.2, 0.25) is 0 Å². The number of hydrogen-bond donors (Lipinski definition) is 1. The van der Waals surface area contributed by atoms with Crippen LogP contribution in [-0.4, -0.2) is 37.9 Å². The lowest BCUT2D eigenvalue weighted by Crippen LogP contribution is -2.27. The summed E-state index contributed by atoms with van der Waals surface area (Å²) in [5, 5.41) is 3.50. The van der Waals surface area contributed by atoms with Crippen molar-refractivity contribution >= 4 is 27.7 Å². The van der Waals surface area contributed by atoms with Crippen LogP contribution in [-0.2, 0) is 4.74 Å². The lowest BCUT2D eigenvalue weighted by atomic mass is 10.2. The number of hydrogen-bond acceptors (Lipinski definition) is 5. The van der Waals surface area contributed by atoms with Crippen LogP contribution in [0.15, 0.2) is 12.1 Å². The number of amides is 1. The fourth-order valence-electron chi connectivity index (χ4n) is 1.74. The first-order valence-corrected chi connectivity index (χ1v) is 8.37. The predicted octanol–water partition coefficient (Wildman–Crippen LogP) is 4.21. The lowest BCUT2D eigenvalue weighted by molar-refractivity contribution is 0.0636. The van der Waals surface area contributed by atoms with E-state index in [-0.39, 0.29) is 0 Å². The van der Waals surface area contributed by atoms with E-state index in [4.69, 9.17) is 18.9 Å². The topological polar surface area (TPSA) is 66.0 Å². The Morgan fingerprint density at radius 1 is 1.17 bits per heavy atom. The molecule has 6 nitrogen and oxygen atoms in total. The molecule has 0 radical (unpaired) electrons. The minimum Gasteiger partial charge on any atom is -0.493 e. The van der Waals surface area contributed by atoms with Gasteiger partial charge in [0.05, 0.1) is 26.5 Å². The number of carbonyl (C=O) groups excluding carboxylic acids is 1. The van der Waals surface area contributed by atoms with Crippen LogP contribution in [0.5, 0.6) is 17.2 Å². The van der Waals surface area contributed by atoms with E-state index in [1.807, 2.05) is 0 Å². The molecule has 0 aliphatic carbocycles. The molecule has 0 aromatic heterocycles. The summed E-state index contributed by atoms with van der Waals surface area (Å²) in [6.07, 6.45) is 0.305. The number of halogens is 1. The first kappa shape index (κ1) is 19.4. The molecular formula is C16H24BrNO5. The molecular weight excluding hydrogens is 366 g/mol. The Bertz CT molecular complexity index is 503. The summed E-state index contributed by atoms with van der Waals surface area (Å²) < 4.78 is 21.6. The lowest BCUT2D eigenvalue weighted by Gasteiger charge is -2.20. The third-order valence-electron chi connectivity index (χ3n) is 2.63. The van der Waals surface area contributed by atoms with Crippen LogP contribution in [0.1, 0.15) is 27.2 Å². The molecule has 0 unspecified atom stereocenters. The molecule has 0 fully saturated rings. The number of carbonyl (C=O) groups is 1. The SMILES string of the molecule is COc1cc(NC(=O)OC(C)(C)C)cc(OC)c1OCCCBr. The molecule has 23 heavy (non-hydrogen) atoms. The number of methoxy groups -OCH3 is 2. The van der Waals surface area contributed by atoms with E-state index in [1.165, 1.54) is 14.2 Å². The Morgan fingerprint density at radius 3 is 2.17 bits per heavy atom. The number of benzene rings is 1. The second-order valence-electron chi connectivity index (χ2n) is 5.73. The molecule has 0 aliphatic heterocycles. The van der Waals surface area contributed by atoms with Gasteiger partial charge in [0.25, 0.3) is 0 Å². The summed E-state index contributed by atoms with van der Waals surface area (Å²) >= 11 is 3.35. The average molecular weight is 390 g/mol. The fraction of sp³-hybridized carbons (Fsp3) is 0.562. The first-order chi connectivity index (χ1) is 10.8. The smallest absolute Gasteiger partial charge is 0.412 e. The molecule has 1 aromatic carbocycles. The summed E-state index contributed by atoms with van der Waals surface area (Å²) in [6, 6.07) is 3.33. The first-order valence-electron chi connectivity index (χ1n) is 7.25. The normalized spacial score (nSPS) is 10.9. The Hall–Kier alpha value is -1.63. The highest BCUT2D eigenvalue weighted by molar-refractivity contribution is 9.09. The second-order valence-corrected chi connectivity index (χ2v) is 6.52. The minimum absolute atomic E-state index is 0.477. The molecule has 1 N–H and O–H groups in total. The van der Waals surface area contributed by atoms with Crippen molar-refractivity contribution in [3.8, 4) is 17.2 Å². The Kier molecular flexibility index (Phi) is 7.48. The molecule has 0 spiro atoms. The van der Waals surface area contributed by atoms with E-state index in [2.05, 4.69) is 21.2 Å². The Morgan fingerprint density at radius 2 is 1.74 bits per heavy atom. The van der Waals surface area contributed by atoms with Crippen molar-refractivity contribution in [3.05, 3.63) is 12.1 Å². The Labute approximate surface area is 145 Å². The monoisotopic (exact) mass is 389 g/mol. The fourth-order valence-corrected chi connectivity index (χ4v) is 1.97. The molecule has 0 atom stereocenters.